The number of amides is 3. The van der Waals surface area contributed by atoms with Gasteiger partial charge in [0.25, 0.3) is 5.91 Å². The van der Waals surface area contributed by atoms with Crippen molar-refractivity contribution in [3.05, 3.63) is 33.2 Å². The Morgan fingerprint density at radius 1 is 1.32 bits per heavy atom. The first-order valence-electron chi connectivity index (χ1n) is 9.50. The highest BCUT2D eigenvalue weighted by molar-refractivity contribution is 7.13. The zero-order chi connectivity index (χ0) is 20.1. The van der Waals surface area contributed by atoms with Crippen LogP contribution < -0.4 is 16.0 Å². The summed E-state index contributed by atoms with van der Waals surface area (Å²) < 4.78 is 5.09. The van der Waals surface area contributed by atoms with Gasteiger partial charge in [-0.25, -0.2) is 9.59 Å². The summed E-state index contributed by atoms with van der Waals surface area (Å²) in [5, 5.41) is 8.45. The van der Waals surface area contributed by atoms with Crippen LogP contribution in [0, 0.1) is 6.92 Å². The zero-order valence-electron chi connectivity index (χ0n) is 16.2. The van der Waals surface area contributed by atoms with Gasteiger partial charge in [0, 0.05) is 36.3 Å². The van der Waals surface area contributed by atoms with E-state index in [1.165, 1.54) is 11.3 Å². The molecular formula is C19H26N4O4S. The van der Waals surface area contributed by atoms with Gasteiger partial charge in [0.15, 0.2) is 0 Å². The number of esters is 1. The first-order valence-corrected chi connectivity index (χ1v) is 10.3. The molecule has 8 nitrogen and oxygen atoms in total. The lowest BCUT2D eigenvalue weighted by molar-refractivity contribution is -0.138. The molecule has 3 heterocycles. The van der Waals surface area contributed by atoms with E-state index in [1.54, 1.807) is 6.92 Å². The lowest BCUT2D eigenvalue weighted by Crippen LogP contribution is -2.49. The van der Waals surface area contributed by atoms with Crippen molar-refractivity contribution in [3.8, 4) is 0 Å². The van der Waals surface area contributed by atoms with E-state index in [4.69, 9.17) is 4.74 Å². The predicted molar refractivity (Wildman–Crippen MR) is 106 cm³/mol. The number of piperidine rings is 1. The number of thiophene rings is 1. The summed E-state index contributed by atoms with van der Waals surface area (Å²) in [6.45, 7) is 6.23. The van der Waals surface area contributed by atoms with Gasteiger partial charge in [-0.2, -0.15) is 0 Å². The number of rotatable bonds is 6. The number of nitrogens with zero attached hydrogens (tertiary/aromatic N) is 1. The van der Waals surface area contributed by atoms with E-state index < -0.39 is 5.97 Å². The molecule has 0 aromatic carbocycles. The number of aryl methyl sites for hydroxylation is 1. The second-order valence-corrected chi connectivity index (χ2v) is 8.21. The molecule has 2 aliphatic rings. The van der Waals surface area contributed by atoms with Crippen LogP contribution in [0.5, 0.6) is 0 Å². The fourth-order valence-electron chi connectivity index (χ4n) is 3.35. The van der Waals surface area contributed by atoms with Crippen LogP contribution in [0.1, 0.15) is 34.3 Å². The van der Waals surface area contributed by atoms with Gasteiger partial charge >= 0.3 is 12.0 Å². The third kappa shape index (κ3) is 5.11. The maximum atomic E-state index is 12.3. The Hall–Kier alpha value is -2.39. The van der Waals surface area contributed by atoms with E-state index in [9.17, 15) is 14.4 Å². The molecule has 152 valence electrons. The average molecular weight is 407 g/mol. The average Bonchev–Trinajstić information content (AvgIpc) is 3.10. The number of nitrogens with one attached hydrogen (secondary N) is 3. The van der Waals surface area contributed by atoms with Gasteiger partial charge in [0.1, 0.15) is 0 Å². The largest absolute Gasteiger partial charge is 0.463 e. The van der Waals surface area contributed by atoms with Crippen LogP contribution in [0.25, 0.3) is 0 Å². The number of likely N-dealkylation sites (tertiary alicyclic amines) is 1. The molecule has 1 saturated heterocycles. The van der Waals surface area contributed by atoms with Gasteiger partial charge in [0.2, 0.25) is 0 Å². The zero-order valence-corrected chi connectivity index (χ0v) is 17.0. The van der Waals surface area contributed by atoms with Crippen molar-refractivity contribution in [3.63, 3.8) is 0 Å². The van der Waals surface area contributed by atoms with E-state index in [0.29, 0.717) is 24.4 Å². The number of hydrogen-bond acceptors (Lipinski definition) is 6. The molecule has 3 rings (SSSR count). The summed E-state index contributed by atoms with van der Waals surface area (Å²) in [6, 6.07) is 3.63. The first-order chi connectivity index (χ1) is 13.5. The Balaban J connectivity index is 1.54. The molecule has 0 spiro atoms. The normalized spacial score (nSPS) is 18.4. The molecule has 0 aliphatic carbocycles. The molecule has 1 aromatic rings. The second kappa shape index (κ2) is 9.20. The van der Waals surface area contributed by atoms with Crippen molar-refractivity contribution in [1.82, 2.24) is 20.9 Å². The molecule has 3 amide bonds. The van der Waals surface area contributed by atoms with Gasteiger partial charge in [0.05, 0.1) is 23.6 Å². The van der Waals surface area contributed by atoms with E-state index in [2.05, 4.69) is 20.9 Å². The van der Waals surface area contributed by atoms with Crippen LogP contribution in [-0.4, -0.2) is 61.6 Å². The third-order valence-electron chi connectivity index (χ3n) is 4.84. The minimum Gasteiger partial charge on any atom is -0.463 e. The Kier molecular flexibility index (Phi) is 6.69. The summed E-state index contributed by atoms with van der Waals surface area (Å²) in [4.78, 5) is 40.2. The molecule has 0 radical (unpaired) electrons. The van der Waals surface area contributed by atoms with E-state index >= 15 is 0 Å². The third-order valence-corrected chi connectivity index (χ3v) is 5.84. The second-order valence-electron chi connectivity index (χ2n) is 6.92. The number of carbonyl (C=O) groups excluding carboxylic acids is 3. The van der Waals surface area contributed by atoms with Gasteiger partial charge in [-0.15, -0.1) is 11.3 Å². The lowest BCUT2D eigenvalue weighted by atomic mass is 10.0. The highest BCUT2D eigenvalue weighted by atomic mass is 32.1. The highest BCUT2D eigenvalue weighted by Crippen LogP contribution is 2.18. The molecule has 0 bridgehead atoms. The molecule has 28 heavy (non-hydrogen) atoms. The van der Waals surface area contributed by atoms with E-state index in [0.717, 1.165) is 35.7 Å². The lowest BCUT2D eigenvalue weighted by Gasteiger charge is -2.34. The minimum atomic E-state index is -0.404. The van der Waals surface area contributed by atoms with Gasteiger partial charge in [-0.3, -0.25) is 9.69 Å². The maximum Gasteiger partial charge on any atom is 0.337 e. The topological polar surface area (TPSA) is 99.8 Å². The van der Waals surface area contributed by atoms with Gasteiger partial charge < -0.3 is 20.7 Å². The van der Waals surface area contributed by atoms with Crippen LogP contribution in [0.15, 0.2) is 23.4 Å². The molecular weight excluding hydrogens is 380 g/mol. The number of carbonyl (C=O) groups is 3. The van der Waals surface area contributed by atoms with Crippen LogP contribution in [0.4, 0.5) is 4.79 Å². The molecule has 9 heteroatoms. The van der Waals surface area contributed by atoms with Crippen molar-refractivity contribution < 1.29 is 19.1 Å². The Bertz CT molecular complexity index is 781. The molecule has 2 aliphatic heterocycles. The van der Waals surface area contributed by atoms with Crippen LogP contribution in [-0.2, 0) is 9.53 Å². The smallest absolute Gasteiger partial charge is 0.337 e. The van der Waals surface area contributed by atoms with Crippen LogP contribution >= 0.6 is 11.3 Å². The fourth-order valence-corrected chi connectivity index (χ4v) is 4.12. The summed E-state index contributed by atoms with van der Waals surface area (Å²) in [5.74, 6) is -0.423. The monoisotopic (exact) mass is 406 g/mol. The number of ether oxygens (including phenoxy) is 1. The molecule has 3 N–H and O–H groups in total. The van der Waals surface area contributed by atoms with E-state index in [1.807, 2.05) is 19.1 Å². The Morgan fingerprint density at radius 2 is 2.07 bits per heavy atom. The molecule has 1 fully saturated rings. The molecule has 0 atom stereocenters. The van der Waals surface area contributed by atoms with Crippen molar-refractivity contribution in [2.24, 2.45) is 0 Å². The predicted octanol–water partition coefficient (Wildman–Crippen LogP) is 1.38. The van der Waals surface area contributed by atoms with Crippen LogP contribution in [0.2, 0.25) is 0 Å². The quantitative estimate of drug-likeness (QED) is 0.620. The number of urea groups is 1. The molecule has 0 saturated carbocycles. The van der Waals surface area contributed by atoms with Crippen LogP contribution in [0.3, 0.4) is 0 Å². The van der Waals surface area contributed by atoms with Gasteiger partial charge in [-0.1, -0.05) is 0 Å². The molecule has 1 aromatic heterocycles. The Labute approximate surface area is 168 Å². The summed E-state index contributed by atoms with van der Waals surface area (Å²) in [7, 11) is 0. The minimum absolute atomic E-state index is 0.0190. The SMILES string of the molecule is CCOC(=O)C1=C(CN2CCC(NC(=O)c3ccc(C)s3)CC2)NC(=O)NC1. The van der Waals surface area contributed by atoms with Crippen molar-refractivity contribution in [1.29, 1.82) is 0 Å². The van der Waals surface area contributed by atoms with Crippen molar-refractivity contribution in [2.45, 2.75) is 32.7 Å². The summed E-state index contributed by atoms with van der Waals surface area (Å²) >= 11 is 1.50. The first kappa shape index (κ1) is 20.3. The van der Waals surface area contributed by atoms with Crippen molar-refractivity contribution in [2.75, 3.05) is 32.8 Å². The van der Waals surface area contributed by atoms with E-state index in [-0.39, 0.29) is 24.5 Å². The highest BCUT2D eigenvalue weighted by Gasteiger charge is 2.27. The molecule has 0 unspecified atom stereocenters. The summed E-state index contributed by atoms with van der Waals surface area (Å²) in [6.07, 6.45) is 1.65. The standard InChI is InChI=1S/C19H26N4O4S/c1-3-27-18(25)14-10-20-19(26)22-15(14)11-23-8-6-13(7-9-23)21-17(24)16-5-4-12(2)28-16/h4-5,13H,3,6-11H2,1-2H3,(H,21,24)(H2,20,22,26). The van der Waals surface area contributed by atoms with Crippen molar-refractivity contribution >= 4 is 29.2 Å². The fraction of sp³-hybridized carbons (Fsp3) is 0.526. The summed E-state index contributed by atoms with van der Waals surface area (Å²) in [5.41, 5.74) is 1.06. The van der Waals surface area contributed by atoms with Gasteiger partial charge in [-0.05, 0) is 38.8 Å². The number of hydrogen-bond donors (Lipinski definition) is 3. The Morgan fingerprint density at radius 3 is 2.71 bits per heavy atom. The maximum absolute atomic E-state index is 12.3.